The van der Waals surface area contributed by atoms with Gasteiger partial charge in [-0.3, -0.25) is 0 Å². The van der Waals surface area contributed by atoms with E-state index in [0.717, 1.165) is 6.42 Å². The molecule has 4 nitrogen and oxygen atoms in total. The molecule has 0 radical (unpaired) electrons. The number of aliphatic hydroxyl groups is 1. The van der Waals surface area contributed by atoms with Gasteiger partial charge in [0.05, 0.1) is 6.61 Å². The van der Waals surface area contributed by atoms with Gasteiger partial charge in [0.15, 0.2) is 0 Å². The van der Waals surface area contributed by atoms with Crippen molar-refractivity contribution in [3.63, 3.8) is 0 Å². The zero-order valence-electron chi connectivity index (χ0n) is 11.3. The van der Waals surface area contributed by atoms with Crippen molar-refractivity contribution in [2.24, 2.45) is 11.8 Å². The van der Waals surface area contributed by atoms with Crippen LogP contribution in [0.25, 0.3) is 0 Å². The number of alkyl carbamates (subject to hydrolysis) is 1. The Hall–Kier alpha value is -1.29. The Morgan fingerprint density at radius 1 is 1.67 bits per heavy atom. The molecular weight excluding hydrogens is 230 g/mol. The normalized spacial score (nSPS) is 21.7. The molecule has 0 heterocycles. The average Bonchev–Trinajstić information content (AvgIpc) is 2.13. The molecular formula is C14H23NO3. The highest BCUT2D eigenvalue weighted by Crippen LogP contribution is 2.26. The third kappa shape index (κ3) is 4.18. The number of hydrogen-bond acceptors (Lipinski definition) is 3. The van der Waals surface area contributed by atoms with E-state index in [1.54, 1.807) is 6.08 Å². The van der Waals surface area contributed by atoms with Gasteiger partial charge < -0.3 is 15.2 Å². The van der Waals surface area contributed by atoms with Crippen LogP contribution in [-0.4, -0.2) is 29.4 Å². The van der Waals surface area contributed by atoms with Gasteiger partial charge in [-0.2, -0.15) is 0 Å². The molecule has 4 heteroatoms. The van der Waals surface area contributed by atoms with Crippen molar-refractivity contribution < 1.29 is 14.6 Å². The number of hydrogen-bond donors (Lipinski definition) is 2. The fraction of sp³-hybridized carbons (Fsp3) is 0.643. The van der Waals surface area contributed by atoms with Crippen molar-refractivity contribution in [3.05, 3.63) is 24.8 Å². The van der Waals surface area contributed by atoms with Crippen LogP contribution in [0, 0.1) is 11.8 Å². The Morgan fingerprint density at radius 3 is 2.61 bits per heavy atom. The molecule has 0 fully saturated rings. The monoisotopic (exact) mass is 253 g/mol. The average molecular weight is 253 g/mol. The zero-order chi connectivity index (χ0) is 13.8. The first-order valence-electron chi connectivity index (χ1n) is 6.27. The van der Waals surface area contributed by atoms with Gasteiger partial charge in [0.2, 0.25) is 0 Å². The van der Waals surface area contributed by atoms with Crippen LogP contribution in [0.5, 0.6) is 0 Å². The molecule has 0 saturated heterocycles. The minimum Gasteiger partial charge on any atom is -0.444 e. The maximum atomic E-state index is 11.8. The molecule has 0 spiro atoms. The van der Waals surface area contributed by atoms with E-state index in [0.29, 0.717) is 0 Å². The Balaban J connectivity index is 2.64. The van der Waals surface area contributed by atoms with Gasteiger partial charge in [0, 0.05) is 17.9 Å². The highest BCUT2D eigenvalue weighted by Gasteiger charge is 2.31. The van der Waals surface area contributed by atoms with E-state index in [-0.39, 0.29) is 24.5 Å². The summed E-state index contributed by atoms with van der Waals surface area (Å²) < 4.78 is 5.24. The smallest absolute Gasteiger partial charge is 0.407 e. The topological polar surface area (TPSA) is 58.6 Å². The summed E-state index contributed by atoms with van der Waals surface area (Å²) in [5.74, 6) is 0.0835. The fourth-order valence-electron chi connectivity index (χ4n) is 1.87. The largest absolute Gasteiger partial charge is 0.444 e. The van der Waals surface area contributed by atoms with E-state index in [9.17, 15) is 9.90 Å². The molecule has 18 heavy (non-hydrogen) atoms. The predicted molar refractivity (Wildman–Crippen MR) is 71.2 cm³/mol. The predicted octanol–water partition coefficient (Wildman–Crippen LogP) is 2.25. The summed E-state index contributed by atoms with van der Waals surface area (Å²) in [5, 5.41) is 12.2. The van der Waals surface area contributed by atoms with Gasteiger partial charge in [-0.25, -0.2) is 4.79 Å². The lowest BCUT2D eigenvalue weighted by atomic mass is 9.81. The first-order chi connectivity index (χ1) is 8.37. The van der Waals surface area contributed by atoms with Crippen molar-refractivity contribution in [1.82, 2.24) is 5.32 Å². The summed E-state index contributed by atoms with van der Waals surface area (Å²) >= 11 is 0. The first kappa shape index (κ1) is 14.8. The van der Waals surface area contributed by atoms with Crippen LogP contribution >= 0.6 is 0 Å². The van der Waals surface area contributed by atoms with Crippen LogP contribution < -0.4 is 5.32 Å². The molecule has 3 atom stereocenters. The minimum absolute atomic E-state index is 0.0334. The van der Waals surface area contributed by atoms with Crippen molar-refractivity contribution in [2.45, 2.75) is 38.8 Å². The van der Waals surface area contributed by atoms with Crippen molar-refractivity contribution >= 4 is 6.09 Å². The van der Waals surface area contributed by atoms with Crippen molar-refractivity contribution in [3.8, 4) is 0 Å². The molecule has 1 aliphatic carbocycles. The van der Waals surface area contributed by atoms with E-state index in [4.69, 9.17) is 4.74 Å². The molecule has 1 aliphatic rings. The van der Waals surface area contributed by atoms with E-state index in [1.807, 2.05) is 32.9 Å². The molecule has 2 N–H and O–H groups in total. The fourth-order valence-corrected chi connectivity index (χ4v) is 1.87. The summed E-state index contributed by atoms with van der Waals surface area (Å²) in [6.45, 7) is 9.13. The maximum absolute atomic E-state index is 11.8. The van der Waals surface area contributed by atoms with Crippen LogP contribution in [0.1, 0.15) is 27.2 Å². The van der Waals surface area contributed by atoms with Crippen LogP contribution in [0.3, 0.4) is 0 Å². The van der Waals surface area contributed by atoms with Crippen LogP contribution in [0.4, 0.5) is 4.79 Å². The Morgan fingerprint density at radius 2 is 2.28 bits per heavy atom. The zero-order valence-corrected chi connectivity index (χ0v) is 11.3. The minimum atomic E-state index is -0.521. The number of nitrogens with one attached hydrogen (secondary N) is 1. The highest BCUT2D eigenvalue weighted by atomic mass is 16.6. The lowest BCUT2D eigenvalue weighted by molar-refractivity contribution is 0.0461. The molecule has 0 aliphatic heterocycles. The van der Waals surface area contributed by atoms with E-state index in [1.165, 1.54) is 0 Å². The van der Waals surface area contributed by atoms with Gasteiger partial charge in [0.1, 0.15) is 5.60 Å². The van der Waals surface area contributed by atoms with Gasteiger partial charge >= 0.3 is 6.09 Å². The number of carbonyl (C=O) groups is 1. The lowest BCUT2D eigenvalue weighted by Crippen LogP contribution is -2.48. The number of carbonyl (C=O) groups excluding carboxylic acids is 1. The molecule has 1 amide bonds. The van der Waals surface area contributed by atoms with Gasteiger partial charge in [-0.05, 0) is 27.2 Å². The van der Waals surface area contributed by atoms with E-state index in [2.05, 4.69) is 11.9 Å². The molecule has 0 saturated carbocycles. The second-order valence-corrected chi connectivity index (χ2v) is 5.58. The highest BCUT2D eigenvalue weighted by molar-refractivity contribution is 5.68. The van der Waals surface area contributed by atoms with Gasteiger partial charge in [-0.15, -0.1) is 6.58 Å². The number of aliphatic hydroxyl groups excluding tert-OH is 1. The molecule has 3 unspecified atom stereocenters. The number of allylic oxidation sites excluding steroid dienone is 1. The summed E-state index contributed by atoms with van der Waals surface area (Å²) in [4.78, 5) is 11.8. The Bertz CT molecular complexity index is 330. The maximum Gasteiger partial charge on any atom is 0.407 e. The summed E-state index contributed by atoms with van der Waals surface area (Å²) in [6.07, 6.45) is 6.21. The molecule has 0 aromatic heterocycles. The molecule has 0 aromatic carbocycles. The Kier molecular flexibility index (Phi) is 4.96. The van der Waals surface area contributed by atoms with E-state index >= 15 is 0 Å². The molecule has 1 rings (SSSR count). The SMILES string of the molecule is C=CC(CO)C(NC(=O)OC(C)(C)C)C1C=CC1. The van der Waals surface area contributed by atoms with Gasteiger partial charge in [0.25, 0.3) is 0 Å². The quantitative estimate of drug-likeness (QED) is 0.739. The Labute approximate surface area is 109 Å². The summed E-state index contributed by atoms with van der Waals surface area (Å²) in [7, 11) is 0. The van der Waals surface area contributed by atoms with Crippen LogP contribution in [0.2, 0.25) is 0 Å². The number of amides is 1. The van der Waals surface area contributed by atoms with Crippen molar-refractivity contribution in [2.75, 3.05) is 6.61 Å². The molecule has 102 valence electrons. The molecule has 0 aromatic rings. The number of rotatable bonds is 5. The van der Waals surface area contributed by atoms with Crippen molar-refractivity contribution in [1.29, 1.82) is 0 Å². The lowest BCUT2D eigenvalue weighted by Gasteiger charge is -2.34. The molecule has 0 bridgehead atoms. The summed E-state index contributed by atoms with van der Waals surface area (Å²) in [5.41, 5.74) is -0.521. The number of ether oxygens (including phenoxy) is 1. The second kappa shape index (κ2) is 6.05. The van der Waals surface area contributed by atoms with Gasteiger partial charge in [-0.1, -0.05) is 18.2 Å². The first-order valence-corrected chi connectivity index (χ1v) is 6.27. The summed E-state index contributed by atoms with van der Waals surface area (Å²) in [6, 6.07) is -0.160. The van der Waals surface area contributed by atoms with Crippen LogP contribution in [0.15, 0.2) is 24.8 Å². The standard InChI is InChI=1S/C14H23NO3/c1-5-10(9-16)12(11-7-6-8-11)15-13(17)18-14(2,3)4/h5-7,10-12,16H,1,8-9H2,2-4H3,(H,15,17). The third-order valence-electron chi connectivity index (χ3n) is 2.91. The second-order valence-electron chi connectivity index (χ2n) is 5.58. The third-order valence-corrected chi connectivity index (χ3v) is 2.91. The van der Waals surface area contributed by atoms with E-state index < -0.39 is 11.7 Å². The van der Waals surface area contributed by atoms with Crippen LogP contribution in [-0.2, 0) is 4.74 Å².